The molecule has 2 aliphatic heterocycles. The smallest absolute Gasteiger partial charge is 0.275 e. The molecule has 0 spiro atoms. The summed E-state index contributed by atoms with van der Waals surface area (Å²) >= 11 is 0. The second kappa shape index (κ2) is 10.6. The molecule has 2 aromatic carbocycles. The zero-order valence-corrected chi connectivity index (χ0v) is 18.6. The number of rotatable bonds is 7. The quantitative estimate of drug-likeness (QED) is 0.575. The number of likely N-dealkylation sites (tertiary alicyclic amines) is 1. The Morgan fingerprint density at radius 3 is 2.35 bits per heavy atom. The van der Waals surface area contributed by atoms with Crippen molar-refractivity contribution in [2.45, 2.75) is 25.4 Å². The van der Waals surface area contributed by atoms with Gasteiger partial charge in [-0.15, -0.1) is 0 Å². The lowest BCUT2D eigenvalue weighted by Crippen LogP contribution is -3.16. The van der Waals surface area contributed by atoms with Gasteiger partial charge in [-0.1, -0.05) is 42.5 Å². The summed E-state index contributed by atoms with van der Waals surface area (Å²) < 4.78 is 5.50. The van der Waals surface area contributed by atoms with Crippen molar-refractivity contribution < 1.29 is 19.3 Å². The summed E-state index contributed by atoms with van der Waals surface area (Å²) in [4.78, 5) is 18.0. The largest absolute Gasteiger partial charge is 0.495 e. The Hall–Kier alpha value is -2.57. The summed E-state index contributed by atoms with van der Waals surface area (Å²) in [6, 6.07) is 19.2. The van der Waals surface area contributed by atoms with Gasteiger partial charge in [-0.2, -0.15) is 0 Å². The molecular formula is C25H36N4O2+2. The van der Waals surface area contributed by atoms with Crippen LogP contribution < -0.4 is 24.8 Å². The van der Waals surface area contributed by atoms with Crippen LogP contribution in [0.1, 0.15) is 18.4 Å². The summed E-state index contributed by atoms with van der Waals surface area (Å²) in [6.07, 6.45) is 2.15. The van der Waals surface area contributed by atoms with Gasteiger partial charge in [0.2, 0.25) is 0 Å². The van der Waals surface area contributed by atoms with E-state index in [1.54, 1.807) is 12.0 Å². The minimum absolute atomic E-state index is 0.206. The van der Waals surface area contributed by atoms with Gasteiger partial charge in [-0.3, -0.25) is 4.79 Å². The van der Waals surface area contributed by atoms with E-state index in [4.69, 9.17) is 4.74 Å². The lowest BCUT2D eigenvalue weighted by molar-refractivity contribution is -0.918. The van der Waals surface area contributed by atoms with Gasteiger partial charge in [0.05, 0.1) is 52.1 Å². The maximum absolute atomic E-state index is 12.6. The SMILES string of the molecule is COc1ccccc1N1CC[NH+](CC(=O)NC2CC[NH+](Cc3ccccc3)CC2)CC1. The molecule has 0 atom stereocenters. The maximum Gasteiger partial charge on any atom is 0.275 e. The van der Waals surface area contributed by atoms with Gasteiger partial charge < -0.3 is 24.8 Å². The number of anilines is 1. The second-order valence-electron chi connectivity index (χ2n) is 8.84. The van der Waals surface area contributed by atoms with Crippen LogP contribution >= 0.6 is 0 Å². The molecule has 0 saturated carbocycles. The number of para-hydroxylation sites is 2. The number of hydrogen-bond acceptors (Lipinski definition) is 3. The first-order valence-corrected chi connectivity index (χ1v) is 11.6. The summed E-state index contributed by atoms with van der Waals surface area (Å²) in [5.41, 5.74) is 2.55. The highest BCUT2D eigenvalue weighted by molar-refractivity contribution is 5.77. The highest BCUT2D eigenvalue weighted by atomic mass is 16.5. The predicted molar refractivity (Wildman–Crippen MR) is 123 cm³/mol. The second-order valence-corrected chi connectivity index (χ2v) is 8.84. The summed E-state index contributed by atoms with van der Waals surface area (Å²) in [6.45, 7) is 7.78. The van der Waals surface area contributed by atoms with E-state index in [9.17, 15) is 4.79 Å². The molecule has 0 aromatic heterocycles. The Balaban J connectivity index is 1.17. The van der Waals surface area contributed by atoms with Crippen molar-refractivity contribution in [3.8, 4) is 5.75 Å². The normalized spacial score (nSPS) is 22.2. The summed E-state index contributed by atoms with van der Waals surface area (Å²) in [5.74, 6) is 1.13. The molecule has 3 N–H and O–H groups in total. The van der Waals surface area contributed by atoms with Crippen LogP contribution in [0.25, 0.3) is 0 Å². The van der Waals surface area contributed by atoms with Crippen LogP contribution in [0.2, 0.25) is 0 Å². The van der Waals surface area contributed by atoms with E-state index >= 15 is 0 Å². The van der Waals surface area contributed by atoms with Gasteiger partial charge in [0.1, 0.15) is 12.3 Å². The van der Waals surface area contributed by atoms with Crippen LogP contribution in [-0.4, -0.2) is 64.9 Å². The molecule has 0 radical (unpaired) electrons. The van der Waals surface area contributed by atoms with Crippen LogP contribution in [0.3, 0.4) is 0 Å². The third-order valence-electron chi connectivity index (χ3n) is 6.66. The van der Waals surface area contributed by atoms with Crippen molar-refractivity contribution in [1.82, 2.24) is 5.32 Å². The first-order valence-electron chi connectivity index (χ1n) is 11.6. The van der Waals surface area contributed by atoms with E-state index in [-0.39, 0.29) is 5.91 Å². The molecule has 0 bridgehead atoms. The minimum Gasteiger partial charge on any atom is -0.495 e. The Morgan fingerprint density at radius 1 is 0.968 bits per heavy atom. The lowest BCUT2D eigenvalue weighted by Gasteiger charge is -2.34. The number of carbonyl (C=O) groups is 1. The third-order valence-corrected chi connectivity index (χ3v) is 6.66. The van der Waals surface area contributed by atoms with Crippen LogP contribution in [-0.2, 0) is 11.3 Å². The molecule has 1 amide bonds. The van der Waals surface area contributed by atoms with Crippen LogP contribution in [0.15, 0.2) is 54.6 Å². The van der Waals surface area contributed by atoms with Gasteiger partial charge in [-0.25, -0.2) is 0 Å². The molecule has 6 nitrogen and oxygen atoms in total. The van der Waals surface area contributed by atoms with E-state index in [0.717, 1.165) is 70.1 Å². The van der Waals surface area contributed by atoms with Gasteiger partial charge in [0.15, 0.2) is 6.54 Å². The Bertz CT molecular complexity index is 828. The number of piperidine rings is 1. The van der Waals surface area contributed by atoms with Crippen LogP contribution in [0, 0.1) is 0 Å². The Labute approximate surface area is 185 Å². The molecule has 2 fully saturated rings. The zero-order valence-electron chi connectivity index (χ0n) is 18.6. The molecule has 4 rings (SSSR count). The highest BCUT2D eigenvalue weighted by Gasteiger charge is 2.27. The number of nitrogens with one attached hydrogen (secondary N) is 3. The molecule has 0 unspecified atom stereocenters. The molecule has 2 heterocycles. The van der Waals surface area contributed by atoms with Gasteiger partial charge in [0.25, 0.3) is 5.91 Å². The van der Waals surface area contributed by atoms with Crippen molar-refractivity contribution in [2.24, 2.45) is 0 Å². The average molecular weight is 425 g/mol. The molecule has 0 aliphatic carbocycles. The number of hydrogen-bond donors (Lipinski definition) is 3. The molecule has 2 aromatic rings. The number of quaternary nitrogens is 2. The van der Waals surface area contributed by atoms with E-state index < -0.39 is 0 Å². The molecule has 166 valence electrons. The number of nitrogens with zero attached hydrogens (tertiary/aromatic N) is 1. The van der Waals surface area contributed by atoms with Gasteiger partial charge in [-0.05, 0) is 12.1 Å². The lowest BCUT2D eigenvalue weighted by atomic mass is 10.0. The number of benzene rings is 2. The Morgan fingerprint density at radius 2 is 1.65 bits per heavy atom. The number of ether oxygens (including phenoxy) is 1. The highest BCUT2D eigenvalue weighted by Crippen LogP contribution is 2.27. The fourth-order valence-corrected chi connectivity index (χ4v) is 4.87. The molecular weight excluding hydrogens is 388 g/mol. The minimum atomic E-state index is 0.206. The summed E-state index contributed by atoms with van der Waals surface area (Å²) in [7, 11) is 1.72. The van der Waals surface area contributed by atoms with Crippen molar-refractivity contribution >= 4 is 11.6 Å². The maximum atomic E-state index is 12.6. The number of methoxy groups -OCH3 is 1. The monoisotopic (exact) mass is 424 g/mol. The standard InChI is InChI=1S/C25H34N4O2/c1-31-24-10-6-5-9-23(24)29-17-15-28(16-18-29)20-25(30)26-22-11-13-27(14-12-22)19-21-7-3-2-4-8-21/h2-10,22H,11-20H2,1H3,(H,26,30)/p+2. The molecule has 2 aliphatic rings. The zero-order chi connectivity index (χ0) is 21.5. The van der Waals surface area contributed by atoms with Crippen LogP contribution in [0.5, 0.6) is 5.75 Å². The fraction of sp³-hybridized carbons (Fsp3) is 0.480. The molecule has 31 heavy (non-hydrogen) atoms. The number of piperazine rings is 1. The van der Waals surface area contributed by atoms with Crippen molar-refractivity contribution in [2.75, 3.05) is 57.8 Å². The van der Waals surface area contributed by atoms with Crippen molar-refractivity contribution in [1.29, 1.82) is 0 Å². The average Bonchev–Trinajstić information content (AvgIpc) is 2.81. The number of carbonyl (C=O) groups excluding carboxylic acids is 1. The van der Waals surface area contributed by atoms with E-state index in [0.29, 0.717) is 12.6 Å². The number of amides is 1. The van der Waals surface area contributed by atoms with E-state index in [1.165, 1.54) is 10.5 Å². The van der Waals surface area contributed by atoms with Crippen molar-refractivity contribution in [3.05, 3.63) is 60.2 Å². The first kappa shape index (κ1) is 21.7. The van der Waals surface area contributed by atoms with E-state index in [2.05, 4.69) is 52.7 Å². The van der Waals surface area contributed by atoms with E-state index in [1.807, 2.05) is 12.1 Å². The Kier molecular flexibility index (Phi) is 7.43. The fourth-order valence-electron chi connectivity index (χ4n) is 4.87. The topological polar surface area (TPSA) is 50.5 Å². The first-order chi connectivity index (χ1) is 15.2. The third kappa shape index (κ3) is 5.99. The molecule has 2 saturated heterocycles. The van der Waals surface area contributed by atoms with Gasteiger partial charge in [0, 0.05) is 24.4 Å². The van der Waals surface area contributed by atoms with Gasteiger partial charge >= 0.3 is 0 Å². The summed E-state index contributed by atoms with van der Waals surface area (Å²) in [5, 5.41) is 3.31. The predicted octanol–water partition coefficient (Wildman–Crippen LogP) is -0.236. The van der Waals surface area contributed by atoms with Crippen LogP contribution in [0.4, 0.5) is 5.69 Å². The molecule has 6 heteroatoms. The van der Waals surface area contributed by atoms with Crippen molar-refractivity contribution in [3.63, 3.8) is 0 Å².